The minimum Gasteiger partial charge on any atom is -0.352 e. The van der Waals surface area contributed by atoms with E-state index in [0.717, 1.165) is 11.5 Å². The Bertz CT molecular complexity index is 424. The molecule has 0 bridgehead atoms. The highest BCUT2D eigenvalue weighted by Crippen LogP contribution is 2.54. The van der Waals surface area contributed by atoms with Gasteiger partial charge in [-0.25, -0.2) is 0 Å². The first-order valence-electron chi connectivity index (χ1n) is 7.34. The topological polar surface area (TPSA) is 29.1 Å². The molecule has 19 heavy (non-hydrogen) atoms. The molecule has 2 nitrogen and oxygen atoms in total. The second-order valence-corrected chi connectivity index (χ2v) is 6.33. The van der Waals surface area contributed by atoms with Crippen LogP contribution in [-0.4, -0.2) is 5.91 Å². The van der Waals surface area contributed by atoms with Crippen molar-refractivity contribution >= 4 is 5.91 Å². The van der Waals surface area contributed by atoms with E-state index in [0.29, 0.717) is 24.3 Å². The van der Waals surface area contributed by atoms with Gasteiger partial charge in [-0.05, 0) is 29.2 Å². The van der Waals surface area contributed by atoms with E-state index in [1.807, 2.05) is 30.3 Å². The lowest BCUT2D eigenvalue weighted by Crippen LogP contribution is -2.46. The summed E-state index contributed by atoms with van der Waals surface area (Å²) in [6.07, 6.45) is 3.12. The van der Waals surface area contributed by atoms with Gasteiger partial charge in [-0.1, -0.05) is 57.5 Å². The predicted molar refractivity (Wildman–Crippen MR) is 78.6 cm³/mol. The summed E-state index contributed by atoms with van der Waals surface area (Å²) in [6.45, 7) is 7.50. The molecule has 1 amide bonds. The highest BCUT2D eigenvalue weighted by Gasteiger charge is 2.47. The van der Waals surface area contributed by atoms with Crippen LogP contribution in [0.25, 0.3) is 0 Å². The van der Waals surface area contributed by atoms with Gasteiger partial charge in [-0.15, -0.1) is 0 Å². The Morgan fingerprint density at radius 2 is 1.95 bits per heavy atom. The van der Waals surface area contributed by atoms with Crippen molar-refractivity contribution in [3.05, 3.63) is 35.9 Å². The van der Waals surface area contributed by atoms with Crippen LogP contribution in [-0.2, 0) is 11.3 Å². The van der Waals surface area contributed by atoms with Crippen molar-refractivity contribution in [1.29, 1.82) is 0 Å². The van der Waals surface area contributed by atoms with Crippen molar-refractivity contribution in [2.24, 2.45) is 17.3 Å². The van der Waals surface area contributed by atoms with Gasteiger partial charge in [0.25, 0.3) is 0 Å². The monoisotopic (exact) mass is 259 g/mol. The second-order valence-electron chi connectivity index (χ2n) is 6.33. The molecule has 1 aromatic rings. The normalized spacial score (nSPS) is 24.6. The molecule has 0 saturated heterocycles. The van der Waals surface area contributed by atoms with E-state index < -0.39 is 0 Å². The average molecular weight is 259 g/mol. The summed E-state index contributed by atoms with van der Waals surface area (Å²) in [5, 5.41) is 3.03. The maximum Gasteiger partial charge on any atom is 0.220 e. The third-order valence-corrected chi connectivity index (χ3v) is 4.93. The van der Waals surface area contributed by atoms with E-state index in [9.17, 15) is 4.79 Å². The quantitative estimate of drug-likeness (QED) is 0.857. The summed E-state index contributed by atoms with van der Waals surface area (Å²) >= 11 is 0. The molecule has 0 spiro atoms. The first-order chi connectivity index (χ1) is 9.04. The Morgan fingerprint density at radius 3 is 2.53 bits per heavy atom. The van der Waals surface area contributed by atoms with Crippen LogP contribution in [0.15, 0.2) is 30.3 Å². The SMILES string of the molecule is CCC1CC(CC(=O)NCc2ccccc2)C1(C)C. The molecule has 1 fully saturated rings. The molecule has 2 rings (SSSR count). The van der Waals surface area contributed by atoms with Crippen LogP contribution >= 0.6 is 0 Å². The Morgan fingerprint density at radius 1 is 1.26 bits per heavy atom. The molecule has 2 atom stereocenters. The van der Waals surface area contributed by atoms with Gasteiger partial charge < -0.3 is 5.32 Å². The minimum atomic E-state index is 0.191. The van der Waals surface area contributed by atoms with Crippen molar-refractivity contribution in [3.8, 4) is 0 Å². The number of nitrogens with one attached hydrogen (secondary N) is 1. The maximum atomic E-state index is 12.0. The molecule has 0 aromatic heterocycles. The molecule has 1 N–H and O–H groups in total. The zero-order chi connectivity index (χ0) is 13.9. The van der Waals surface area contributed by atoms with Crippen LogP contribution in [0.5, 0.6) is 0 Å². The van der Waals surface area contributed by atoms with Gasteiger partial charge in [-0.2, -0.15) is 0 Å². The largest absolute Gasteiger partial charge is 0.352 e. The summed E-state index contributed by atoms with van der Waals surface area (Å²) in [5.41, 5.74) is 1.49. The number of rotatable bonds is 5. The van der Waals surface area contributed by atoms with Crippen molar-refractivity contribution in [1.82, 2.24) is 5.32 Å². The van der Waals surface area contributed by atoms with Gasteiger partial charge in [0.2, 0.25) is 5.91 Å². The molecule has 104 valence electrons. The Balaban J connectivity index is 1.77. The zero-order valence-electron chi connectivity index (χ0n) is 12.3. The lowest BCUT2D eigenvalue weighted by Gasteiger charge is -2.52. The van der Waals surface area contributed by atoms with Crippen molar-refractivity contribution in [2.75, 3.05) is 0 Å². The van der Waals surface area contributed by atoms with E-state index in [2.05, 4.69) is 26.1 Å². The highest BCUT2D eigenvalue weighted by atomic mass is 16.1. The fourth-order valence-electron chi connectivity index (χ4n) is 3.26. The summed E-state index contributed by atoms with van der Waals surface area (Å²) in [4.78, 5) is 12.0. The van der Waals surface area contributed by atoms with E-state index in [-0.39, 0.29) is 5.91 Å². The number of carbonyl (C=O) groups is 1. The molecule has 1 aliphatic carbocycles. The molecular formula is C17H25NO. The van der Waals surface area contributed by atoms with Gasteiger partial charge >= 0.3 is 0 Å². The first kappa shape index (κ1) is 14.1. The minimum absolute atomic E-state index is 0.191. The van der Waals surface area contributed by atoms with Gasteiger partial charge in [-0.3, -0.25) is 4.79 Å². The molecule has 0 radical (unpaired) electrons. The molecule has 2 unspecified atom stereocenters. The maximum absolute atomic E-state index is 12.0. The number of benzene rings is 1. The molecule has 1 aliphatic rings. The molecule has 0 heterocycles. The summed E-state index contributed by atoms with van der Waals surface area (Å²) < 4.78 is 0. The number of hydrogen-bond donors (Lipinski definition) is 1. The summed E-state index contributed by atoms with van der Waals surface area (Å²) in [6, 6.07) is 10.1. The molecular weight excluding hydrogens is 234 g/mol. The zero-order valence-corrected chi connectivity index (χ0v) is 12.3. The standard InChI is InChI=1S/C17H25NO/c1-4-14-10-15(17(14,2)3)11-16(19)18-12-13-8-6-5-7-9-13/h5-9,14-15H,4,10-12H2,1-3H3,(H,18,19). The Kier molecular flexibility index (Phi) is 4.28. The van der Waals surface area contributed by atoms with Crippen LogP contribution in [0.3, 0.4) is 0 Å². The lowest BCUT2D eigenvalue weighted by molar-refractivity contribution is -0.127. The molecule has 1 aromatic carbocycles. The van der Waals surface area contributed by atoms with Crippen molar-refractivity contribution in [2.45, 2.75) is 46.6 Å². The molecule has 0 aliphatic heterocycles. The summed E-state index contributed by atoms with van der Waals surface area (Å²) in [5.74, 6) is 1.53. The lowest BCUT2D eigenvalue weighted by atomic mass is 9.53. The number of amides is 1. The average Bonchev–Trinajstić information content (AvgIpc) is 2.42. The molecule has 2 heteroatoms. The van der Waals surface area contributed by atoms with Crippen LogP contribution in [0.4, 0.5) is 0 Å². The van der Waals surface area contributed by atoms with E-state index in [1.165, 1.54) is 12.8 Å². The van der Waals surface area contributed by atoms with E-state index >= 15 is 0 Å². The van der Waals surface area contributed by atoms with Gasteiger partial charge in [0, 0.05) is 13.0 Å². The number of hydrogen-bond acceptors (Lipinski definition) is 1. The van der Waals surface area contributed by atoms with E-state index in [1.54, 1.807) is 0 Å². The second kappa shape index (κ2) is 5.77. The highest BCUT2D eigenvalue weighted by molar-refractivity contribution is 5.76. The predicted octanol–water partition coefficient (Wildman–Crippen LogP) is 3.77. The fraction of sp³-hybridized carbons (Fsp3) is 0.588. The Labute approximate surface area is 116 Å². The van der Waals surface area contributed by atoms with Gasteiger partial charge in [0.05, 0.1) is 0 Å². The van der Waals surface area contributed by atoms with Crippen molar-refractivity contribution < 1.29 is 4.79 Å². The van der Waals surface area contributed by atoms with Crippen LogP contribution < -0.4 is 5.32 Å². The van der Waals surface area contributed by atoms with Crippen LogP contribution in [0.1, 0.15) is 45.6 Å². The van der Waals surface area contributed by atoms with E-state index in [4.69, 9.17) is 0 Å². The first-order valence-corrected chi connectivity index (χ1v) is 7.34. The van der Waals surface area contributed by atoms with Gasteiger partial charge in [0.1, 0.15) is 0 Å². The third kappa shape index (κ3) is 3.17. The van der Waals surface area contributed by atoms with Crippen LogP contribution in [0, 0.1) is 17.3 Å². The number of carbonyl (C=O) groups excluding carboxylic acids is 1. The van der Waals surface area contributed by atoms with Crippen LogP contribution in [0.2, 0.25) is 0 Å². The Hall–Kier alpha value is -1.31. The third-order valence-electron chi connectivity index (χ3n) is 4.93. The summed E-state index contributed by atoms with van der Waals surface area (Å²) in [7, 11) is 0. The fourth-order valence-corrected chi connectivity index (χ4v) is 3.26. The van der Waals surface area contributed by atoms with Crippen molar-refractivity contribution in [3.63, 3.8) is 0 Å². The molecule has 1 saturated carbocycles. The van der Waals surface area contributed by atoms with Gasteiger partial charge in [0.15, 0.2) is 0 Å². The smallest absolute Gasteiger partial charge is 0.220 e.